The van der Waals surface area contributed by atoms with E-state index in [1.165, 1.54) is 0 Å². The number of aryl methyl sites for hydroxylation is 1. The maximum absolute atomic E-state index is 12.5. The number of benzene rings is 1. The first-order valence-electron chi connectivity index (χ1n) is 7.85. The molecule has 0 radical (unpaired) electrons. The van der Waals surface area contributed by atoms with Gasteiger partial charge in [0.2, 0.25) is 5.91 Å². The minimum Gasteiger partial charge on any atom is -0.496 e. The Morgan fingerprint density at radius 1 is 1.38 bits per heavy atom. The van der Waals surface area contributed by atoms with Gasteiger partial charge in [0.05, 0.1) is 12.9 Å². The highest BCUT2D eigenvalue weighted by Gasteiger charge is 2.24. The van der Waals surface area contributed by atoms with Crippen LogP contribution in [0.15, 0.2) is 36.7 Å². The molecule has 2 aromatic rings. The zero-order valence-corrected chi connectivity index (χ0v) is 15.7. The topological polar surface area (TPSA) is 56.1 Å². The van der Waals surface area contributed by atoms with Crippen LogP contribution < -0.4 is 10.1 Å². The average molecular weight is 347 g/mol. The van der Waals surface area contributed by atoms with Crippen LogP contribution in [0.2, 0.25) is 0 Å². The lowest BCUT2D eigenvalue weighted by atomic mass is 10.0. The maximum atomic E-state index is 12.5. The summed E-state index contributed by atoms with van der Waals surface area (Å²) >= 11 is 1.62. The molecule has 1 aromatic carbocycles. The Bertz CT molecular complexity index is 692. The molecule has 0 fully saturated rings. The summed E-state index contributed by atoms with van der Waals surface area (Å²) in [6.07, 6.45) is 3.60. The number of hydrogen-bond acceptors (Lipinski definition) is 4. The fourth-order valence-electron chi connectivity index (χ4n) is 2.33. The number of carbonyl (C=O) groups excluding carboxylic acids is 1. The predicted octanol–water partition coefficient (Wildman–Crippen LogP) is 3.17. The highest BCUT2D eigenvalue weighted by Crippen LogP contribution is 2.29. The second-order valence-corrected chi connectivity index (χ2v) is 8.34. The Labute approximate surface area is 147 Å². The summed E-state index contributed by atoms with van der Waals surface area (Å²) < 4.78 is 7.42. The third-order valence-corrected chi connectivity index (χ3v) is 4.78. The number of ether oxygens (including phenoxy) is 1. The number of nitrogens with zero attached hydrogens (tertiary/aromatic N) is 2. The molecule has 0 aliphatic carbocycles. The zero-order chi connectivity index (χ0) is 17.7. The zero-order valence-electron chi connectivity index (χ0n) is 14.9. The first-order chi connectivity index (χ1) is 11.3. The van der Waals surface area contributed by atoms with Gasteiger partial charge < -0.3 is 14.6 Å². The van der Waals surface area contributed by atoms with Gasteiger partial charge in [0.1, 0.15) is 17.6 Å². The summed E-state index contributed by atoms with van der Waals surface area (Å²) in [5.74, 6) is 1.89. The van der Waals surface area contributed by atoms with Crippen molar-refractivity contribution in [1.29, 1.82) is 0 Å². The SMILES string of the molecule is COc1ccccc1C(NC(=O)CSC(C)(C)C)c1nccn1C. The summed E-state index contributed by atoms with van der Waals surface area (Å²) in [5, 5.41) is 3.10. The maximum Gasteiger partial charge on any atom is 0.230 e. The smallest absolute Gasteiger partial charge is 0.230 e. The van der Waals surface area contributed by atoms with Crippen molar-refractivity contribution in [1.82, 2.24) is 14.9 Å². The van der Waals surface area contributed by atoms with Crippen LogP contribution in [0.3, 0.4) is 0 Å². The normalized spacial score (nSPS) is 12.7. The Balaban J connectivity index is 2.28. The van der Waals surface area contributed by atoms with Gasteiger partial charge in [-0.25, -0.2) is 4.98 Å². The quantitative estimate of drug-likeness (QED) is 0.872. The van der Waals surface area contributed by atoms with Crippen molar-refractivity contribution < 1.29 is 9.53 Å². The molecule has 0 saturated heterocycles. The molecule has 1 heterocycles. The molecular formula is C18H25N3O2S. The molecule has 130 valence electrons. The Morgan fingerprint density at radius 3 is 2.67 bits per heavy atom. The van der Waals surface area contributed by atoms with Crippen LogP contribution in [0.1, 0.15) is 38.2 Å². The Morgan fingerprint density at radius 2 is 2.08 bits per heavy atom. The molecule has 1 atom stereocenters. The van der Waals surface area contributed by atoms with Crippen LogP contribution in [0.25, 0.3) is 0 Å². The van der Waals surface area contributed by atoms with Crippen LogP contribution in [0.4, 0.5) is 0 Å². The van der Waals surface area contributed by atoms with E-state index in [-0.39, 0.29) is 16.7 Å². The van der Waals surface area contributed by atoms with Gasteiger partial charge in [-0.3, -0.25) is 4.79 Å². The number of nitrogens with one attached hydrogen (secondary N) is 1. The second kappa shape index (κ2) is 7.75. The van der Waals surface area contributed by atoms with E-state index in [9.17, 15) is 4.79 Å². The van der Waals surface area contributed by atoms with Crippen molar-refractivity contribution >= 4 is 17.7 Å². The number of thioether (sulfide) groups is 1. The summed E-state index contributed by atoms with van der Waals surface area (Å²) in [7, 11) is 3.55. The molecule has 5 nitrogen and oxygen atoms in total. The van der Waals surface area contributed by atoms with Crippen molar-refractivity contribution in [2.75, 3.05) is 12.9 Å². The van der Waals surface area contributed by atoms with Gasteiger partial charge in [0.15, 0.2) is 0 Å². The van der Waals surface area contributed by atoms with E-state index in [4.69, 9.17) is 4.74 Å². The highest BCUT2D eigenvalue weighted by atomic mass is 32.2. The van der Waals surface area contributed by atoms with E-state index in [1.807, 2.05) is 42.1 Å². The number of rotatable bonds is 6. The molecule has 6 heteroatoms. The predicted molar refractivity (Wildman–Crippen MR) is 98.4 cm³/mol. The lowest BCUT2D eigenvalue weighted by Gasteiger charge is -2.22. The average Bonchev–Trinajstić information content (AvgIpc) is 2.96. The number of aromatic nitrogens is 2. The van der Waals surface area contributed by atoms with Crippen LogP contribution in [0, 0.1) is 0 Å². The molecule has 1 unspecified atom stereocenters. The molecule has 0 aliphatic heterocycles. The first-order valence-corrected chi connectivity index (χ1v) is 8.84. The molecular weight excluding hydrogens is 322 g/mol. The van der Waals surface area contributed by atoms with Gasteiger partial charge in [0, 0.05) is 29.8 Å². The minimum atomic E-state index is -0.353. The number of carbonyl (C=O) groups is 1. The van der Waals surface area contributed by atoms with Crippen LogP contribution >= 0.6 is 11.8 Å². The second-order valence-electron chi connectivity index (χ2n) is 6.54. The molecule has 0 aliphatic rings. The van der Waals surface area contributed by atoms with Gasteiger partial charge in [-0.15, -0.1) is 11.8 Å². The number of imidazole rings is 1. The van der Waals surface area contributed by atoms with Crippen LogP contribution in [0.5, 0.6) is 5.75 Å². The van der Waals surface area contributed by atoms with E-state index in [0.717, 1.165) is 17.1 Å². The molecule has 1 N–H and O–H groups in total. The highest BCUT2D eigenvalue weighted by molar-refractivity contribution is 8.01. The van der Waals surface area contributed by atoms with E-state index < -0.39 is 0 Å². The van der Waals surface area contributed by atoms with Crippen LogP contribution in [-0.2, 0) is 11.8 Å². The van der Waals surface area contributed by atoms with E-state index in [0.29, 0.717) is 5.75 Å². The fourth-order valence-corrected chi connectivity index (χ4v) is 2.97. The van der Waals surface area contributed by atoms with Crippen molar-refractivity contribution in [2.24, 2.45) is 7.05 Å². The largest absolute Gasteiger partial charge is 0.496 e. The fraction of sp³-hybridized carbons (Fsp3) is 0.444. The van der Waals surface area contributed by atoms with Crippen molar-refractivity contribution in [3.63, 3.8) is 0 Å². The van der Waals surface area contributed by atoms with Crippen LogP contribution in [-0.4, -0.2) is 33.1 Å². The lowest BCUT2D eigenvalue weighted by molar-refractivity contribution is -0.119. The van der Waals surface area contributed by atoms with Gasteiger partial charge in [-0.2, -0.15) is 0 Å². The summed E-state index contributed by atoms with van der Waals surface area (Å²) in [5.41, 5.74) is 0.892. The number of hydrogen-bond donors (Lipinski definition) is 1. The Hall–Kier alpha value is -1.95. The monoisotopic (exact) mass is 347 g/mol. The van der Waals surface area contributed by atoms with Gasteiger partial charge in [-0.1, -0.05) is 39.0 Å². The molecule has 1 aromatic heterocycles. The Kier molecular flexibility index (Phi) is 5.94. The van der Waals surface area contributed by atoms with Gasteiger partial charge in [0.25, 0.3) is 0 Å². The molecule has 0 spiro atoms. The molecule has 0 bridgehead atoms. The van der Waals surface area contributed by atoms with Gasteiger partial charge >= 0.3 is 0 Å². The van der Waals surface area contributed by atoms with Crippen molar-refractivity contribution in [3.8, 4) is 5.75 Å². The third kappa shape index (κ3) is 4.77. The van der Waals surface area contributed by atoms with E-state index in [2.05, 4.69) is 31.1 Å². The summed E-state index contributed by atoms with van der Waals surface area (Å²) in [4.78, 5) is 16.9. The standard InChI is InChI=1S/C18H25N3O2S/c1-18(2,3)24-12-15(22)20-16(17-19-10-11-21(17)4)13-8-6-7-9-14(13)23-5/h6-11,16H,12H2,1-5H3,(H,20,22). The number of para-hydroxylation sites is 1. The third-order valence-electron chi connectivity index (χ3n) is 3.51. The summed E-state index contributed by atoms with van der Waals surface area (Å²) in [6, 6.07) is 7.34. The first kappa shape index (κ1) is 18.4. The molecule has 0 saturated carbocycles. The molecule has 2 rings (SSSR count). The minimum absolute atomic E-state index is 0.0196. The summed E-state index contributed by atoms with van der Waals surface area (Å²) in [6.45, 7) is 6.30. The van der Waals surface area contributed by atoms with E-state index in [1.54, 1.807) is 25.1 Å². The number of methoxy groups -OCH3 is 1. The van der Waals surface area contributed by atoms with Gasteiger partial charge in [-0.05, 0) is 6.07 Å². The van der Waals surface area contributed by atoms with E-state index >= 15 is 0 Å². The van der Waals surface area contributed by atoms with Crippen molar-refractivity contribution in [3.05, 3.63) is 48.0 Å². The molecule has 24 heavy (non-hydrogen) atoms. The molecule has 1 amide bonds. The van der Waals surface area contributed by atoms with Crippen molar-refractivity contribution in [2.45, 2.75) is 31.6 Å². The lowest BCUT2D eigenvalue weighted by Crippen LogP contribution is -2.33. The number of amides is 1.